The van der Waals surface area contributed by atoms with Crippen LogP contribution in [0.25, 0.3) is 11.3 Å². The summed E-state index contributed by atoms with van der Waals surface area (Å²) in [4.78, 5) is 12.5. The number of rotatable bonds is 4. The third-order valence-electron chi connectivity index (χ3n) is 4.08. The zero-order valence-electron chi connectivity index (χ0n) is 14.0. The van der Waals surface area contributed by atoms with E-state index in [1.165, 1.54) is 24.3 Å². The number of anilines is 1. The molecule has 7 heteroatoms. The van der Waals surface area contributed by atoms with Gasteiger partial charge in [0.1, 0.15) is 5.82 Å². The second-order valence-electron chi connectivity index (χ2n) is 5.76. The first kappa shape index (κ1) is 16.1. The number of aromatic nitrogens is 2. The Balaban J connectivity index is 1.62. The highest BCUT2D eigenvalue weighted by Gasteiger charge is 2.18. The van der Waals surface area contributed by atoms with Crippen LogP contribution >= 0.6 is 0 Å². The number of fused-ring (bicyclic) bond motifs is 1. The molecule has 0 unspecified atom stereocenters. The lowest BCUT2D eigenvalue weighted by Crippen LogP contribution is -2.13. The Labute approximate surface area is 149 Å². The fourth-order valence-corrected chi connectivity index (χ4v) is 2.79. The number of halogens is 1. The Morgan fingerprint density at radius 3 is 2.69 bits per heavy atom. The lowest BCUT2D eigenvalue weighted by Gasteiger charge is -2.05. The summed E-state index contributed by atoms with van der Waals surface area (Å²) < 4.78 is 25.5. The van der Waals surface area contributed by atoms with Crippen LogP contribution in [0, 0.1) is 5.82 Å². The summed E-state index contributed by atoms with van der Waals surface area (Å²) in [6.45, 7) is 2.76. The Kier molecular flexibility index (Phi) is 4.04. The number of hydrogen-bond donors (Lipinski definition) is 1. The first-order chi connectivity index (χ1) is 12.6. The molecule has 4 rings (SSSR count). The molecule has 0 bridgehead atoms. The van der Waals surface area contributed by atoms with Gasteiger partial charge in [-0.1, -0.05) is 0 Å². The molecule has 1 N–H and O–H groups in total. The van der Waals surface area contributed by atoms with Crippen LogP contribution in [0.1, 0.15) is 17.4 Å². The first-order valence-corrected chi connectivity index (χ1v) is 8.19. The summed E-state index contributed by atoms with van der Waals surface area (Å²) in [5, 5.41) is 7.09. The number of carbonyl (C=O) groups excluding carboxylic acids is 1. The van der Waals surface area contributed by atoms with E-state index in [0.717, 1.165) is 11.3 Å². The Morgan fingerprint density at radius 1 is 1.15 bits per heavy atom. The highest BCUT2D eigenvalue weighted by molar-refractivity contribution is 6.03. The van der Waals surface area contributed by atoms with Crippen molar-refractivity contribution in [3.63, 3.8) is 0 Å². The molecule has 132 valence electrons. The quantitative estimate of drug-likeness (QED) is 0.777. The highest BCUT2D eigenvalue weighted by Crippen LogP contribution is 2.36. The number of aryl methyl sites for hydroxylation is 1. The zero-order chi connectivity index (χ0) is 18.1. The van der Waals surface area contributed by atoms with Crippen molar-refractivity contribution in [3.8, 4) is 22.8 Å². The van der Waals surface area contributed by atoms with Crippen molar-refractivity contribution < 1.29 is 18.7 Å². The monoisotopic (exact) mass is 353 g/mol. The molecular weight excluding hydrogens is 337 g/mol. The smallest absolute Gasteiger partial charge is 0.276 e. The van der Waals surface area contributed by atoms with Gasteiger partial charge in [0.2, 0.25) is 6.79 Å². The average Bonchev–Trinajstić information content (AvgIpc) is 3.29. The second kappa shape index (κ2) is 6.51. The molecule has 0 fully saturated rings. The van der Waals surface area contributed by atoms with Crippen LogP contribution in [0.4, 0.5) is 10.1 Å². The van der Waals surface area contributed by atoms with Gasteiger partial charge >= 0.3 is 0 Å². The summed E-state index contributed by atoms with van der Waals surface area (Å²) in [7, 11) is 0. The van der Waals surface area contributed by atoms with E-state index in [1.807, 2.05) is 25.1 Å². The maximum atomic E-state index is 13.0. The molecule has 0 atom stereocenters. The van der Waals surface area contributed by atoms with Crippen molar-refractivity contribution in [2.45, 2.75) is 13.5 Å². The molecule has 0 spiro atoms. The van der Waals surface area contributed by atoms with Crippen LogP contribution in [0.3, 0.4) is 0 Å². The van der Waals surface area contributed by atoms with E-state index in [4.69, 9.17) is 9.47 Å². The Bertz CT molecular complexity index is 967. The van der Waals surface area contributed by atoms with Crippen molar-refractivity contribution in [1.29, 1.82) is 0 Å². The SMILES string of the molecule is CCn1nc(C(=O)Nc2ccc(F)cc2)cc1-c1ccc2c(c1)OCO2. The number of amides is 1. The van der Waals surface area contributed by atoms with E-state index < -0.39 is 0 Å². The molecule has 0 aliphatic carbocycles. The number of hydrogen-bond acceptors (Lipinski definition) is 4. The lowest BCUT2D eigenvalue weighted by atomic mass is 10.1. The molecule has 26 heavy (non-hydrogen) atoms. The summed E-state index contributed by atoms with van der Waals surface area (Å²) in [6.07, 6.45) is 0. The zero-order valence-corrected chi connectivity index (χ0v) is 14.0. The number of nitrogens with zero attached hydrogens (tertiary/aromatic N) is 2. The molecule has 6 nitrogen and oxygen atoms in total. The standard InChI is InChI=1S/C19H16FN3O3/c1-2-23-16(12-3-8-17-18(9-12)26-11-25-17)10-15(22-23)19(24)21-14-6-4-13(20)5-7-14/h3-10H,2,11H2,1H3,(H,21,24). The van der Waals surface area contributed by atoms with Gasteiger partial charge < -0.3 is 14.8 Å². The van der Waals surface area contributed by atoms with Gasteiger partial charge in [0.25, 0.3) is 5.91 Å². The molecule has 1 aliphatic heterocycles. The predicted octanol–water partition coefficient (Wildman–Crippen LogP) is 3.69. The van der Waals surface area contributed by atoms with Gasteiger partial charge in [-0.15, -0.1) is 0 Å². The number of benzene rings is 2. The van der Waals surface area contributed by atoms with E-state index in [2.05, 4.69) is 10.4 Å². The highest BCUT2D eigenvalue weighted by atomic mass is 19.1. The largest absolute Gasteiger partial charge is 0.454 e. The summed E-state index contributed by atoms with van der Waals surface area (Å²) >= 11 is 0. The third kappa shape index (κ3) is 2.99. The van der Waals surface area contributed by atoms with Gasteiger partial charge in [0.05, 0.1) is 5.69 Å². The van der Waals surface area contributed by atoms with Crippen molar-refractivity contribution in [2.24, 2.45) is 0 Å². The van der Waals surface area contributed by atoms with Crippen LogP contribution in [-0.2, 0) is 6.54 Å². The van der Waals surface area contributed by atoms with Gasteiger partial charge in [-0.3, -0.25) is 9.48 Å². The van der Waals surface area contributed by atoms with E-state index in [-0.39, 0.29) is 24.2 Å². The maximum absolute atomic E-state index is 13.0. The maximum Gasteiger partial charge on any atom is 0.276 e. The number of carbonyl (C=O) groups is 1. The first-order valence-electron chi connectivity index (χ1n) is 8.19. The van der Waals surface area contributed by atoms with Gasteiger partial charge in [0, 0.05) is 17.8 Å². The van der Waals surface area contributed by atoms with Gasteiger partial charge in [-0.25, -0.2) is 4.39 Å². The molecule has 0 saturated heterocycles. The molecule has 1 amide bonds. The summed E-state index contributed by atoms with van der Waals surface area (Å²) in [5.41, 5.74) is 2.47. The van der Waals surface area contributed by atoms with Crippen molar-refractivity contribution in [1.82, 2.24) is 9.78 Å². The van der Waals surface area contributed by atoms with E-state index in [9.17, 15) is 9.18 Å². The summed E-state index contributed by atoms with van der Waals surface area (Å²) in [5.74, 6) is 0.656. The topological polar surface area (TPSA) is 65.4 Å². The molecule has 0 radical (unpaired) electrons. The van der Waals surface area contributed by atoms with E-state index >= 15 is 0 Å². The van der Waals surface area contributed by atoms with Gasteiger partial charge in [0.15, 0.2) is 17.2 Å². The molecule has 1 aromatic heterocycles. The number of nitrogens with one attached hydrogen (secondary N) is 1. The Hall–Kier alpha value is -3.35. The molecule has 1 aliphatic rings. The van der Waals surface area contributed by atoms with Crippen LogP contribution in [-0.4, -0.2) is 22.5 Å². The van der Waals surface area contributed by atoms with Gasteiger partial charge in [-0.2, -0.15) is 5.10 Å². The Morgan fingerprint density at radius 2 is 1.92 bits per heavy atom. The van der Waals surface area contributed by atoms with Crippen molar-refractivity contribution >= 4 is 11.6 Å². The molecule has 2 aromatic carbocycles. The van der Waals surface area contributed by atoms with Crippen molar-refractivity contribution in [3.05, 3.63) is 60.0 Å². The van der Waals surface area contributed by atoms with E-state index in [0.29, 0.717) is 23.7 Å². The normalized spacial score (nSPS) is 12.2. The third-order valence-corrected chi connectivity index (χ3v) is 4.08. The fraction of sp³-hybridized carbons (Fsp3) is 0.158. The minimum atomic E-state index is -0.358. The molecular formula is C19H16FN3O3. The minimum absolute atomic E-state index is 0.206. The predicted molar refractivity (Wildman–Crippen MR) is 93.8 cm³/mol. The minimum Gasteiger partial charge on any atom is -0.454 e. The van der Waals surface area contributed by atoms with E-state index in [1.54, 1.807) is 10.7 Å². The lowest BCUT2D eigenvalue weighted by molar-refractivity contribution is 0.102. The number of ether oxygens (including phenoxy) is 2. The molecule has 3 aromatic rings. The van der Waals surface area contributed by atoms with Crippen LogP contribution in [0.15, 0.2) is 48.5 Å². The fourth-order valence-electron chi connectivity index (χ4n) is 2.79. The van der Waals surface area contributed by atoms with Crippen LogP contribution < -0.4 is 14.8 Å². The molecule has 0 saturated carbocycles. The second-order valence-corrected chi connectivity index (χ2v) is 5.76. The average molecular weight is 353 g/mol. The van der Waals surface area contributed by atoms with Crippen molar-refractivity contribution in [2.75, 3.05) is 12.1 Å². The van der Waals surface area contributed by atoms with Crippen LogP contribution in [0.2, 0.25) is 0 Å². The van der Waals surface area contributed by atoms with Gasteiger partial charge in [-0.05, 0) is 55.5 Å². The van der Waals surface area contributed by atoms with Crippen LogP contribution in [0.5, 0.6) is 11.5 Å². The molecule has 2 heterocycles. The summed E-state index contributed by atoms with van der Waals surface area (Å²) in [6, 6.07) is 12.9.